The summed E-state index contributed by atoms with van der Waals surface area (Å²) in [6.45, 7) is 2.78. The van der Waals surface area contributed by atoms with Crippen LogP contribution >= 0.6 is 11.6 Å². The van der Waals surface area contributed by atoms with Crippen LogP contribution in [0, 0.1) is 5.92 Å². The molecule has 2 atom stereocenters. The van der Waals surface area contributed by atoms with E-state index in [0.29, 0.717) is 23.0 Å². The molecule has 21 heavy (non-hydrogen) atoms. The fourth-order valence-electron chi connectivity index (χ4n) is 2.42. The largest absolute Gasteiger partial charge is 0.464 e. The average molecular weight is 305 g/mol. The Labute approximate surface area is 128 Å². The maximum Gasteiger partial charge on any atom is 0.250 e. The third-order valence-electron chi connectivity index (χ3n) is 3.86. The molecule has 1 aromatic carbocycles. The fourth-order valence-corrected chi connectivity index (χ4v) is 2.63. The molecule has 4 nitrogen and oxygen atoms in total. The molecule has 3 rings (SSSR count). The standard InChI is InChI=1S/C16H17ClN2O2/c1-9-6-12(9)15-5-3-11(21-15)8-19-10-2-4-14(17)13(7-10)16(18)20/h2-5,7,9,12,19H,6,8H2,1H3,(H2,18,20). The third kappa shape index (κ3) is 3.05. The van der Waals surface area contributed by atoms with Crippen LogP contribution in [0.5, 0.6) is 0 Å². The van der Waals surface area contributed by atoms with E-state index in [1.54, 1.807) is 12.1 Å². The number of primary amides is 1. The van der Waals surface area contributed by atoms with Crippen LogP contribution in [0.25, 0.3) is 0 Å². The van der Waals surface area contributed by atoms with E-state index < -0.39 is 5.91 Å². The maximum atomic E-state index is 11.3. The van der Waals surface area contributed by atoms with Gasteiger partial charge in [-0.05, 0) is 42.7 Å². The molecule has 1 amide bonds. The van der Waals surface area contributed by atoms with Crippen LogP contribution in [-0.4, -0.2) is 5.91 Å². The zero-order valence-electron chi connectivity index (χ0n) is 11.7. The van der Waals surface area contributed by atoms with E-state index in [-0.39, 0.29) is 0 Å². The fraction of sp³-hybridized carbons (Fsp3) is 0.312. The first-order chi connectivity index (χ1) is 10.0. The van der Waals surface area contributed by atoms with Crippen molar-refractivity contribution in [3.8, 4) is 0 Å². The van der Waals surface area contributed by atoms with Crippen molar-refractivity contribution in [2.24, 2.45) is 11.7 Å². The molecule has 1 aliphatic carbocycles. The molecule has 1 aromatic heterocycles. The molecular formula is C16H17ClN2O2. The second kappa shape index (κ2) is 5.45. The van der Waals surface area contributed by atoms with Gasteiger partial charge in [0.15, 0.2) is 0 Å². The lowest BCUT2D eigenvalue weighted by atomic mass is 10.2. The second-order valence-electron chi connectivity index (χ2n) is 5.54. The molecule has 1 heterocycles. The number of anilines is 1. The van der Waals surface area contributed by atoms with Crippen molar-refractivity contribution in [3.05, 3.63) is 52.4 Å². The Kier molecular flexibility index (Phi) is 3.64. The number of nitrogens with one attached hydrogen (secondary N) is 1. The van der Waals surface area contributed by atoms with Crippen molar-refractivity contribution in [1.29, 1.82) is 0 Å². The summed E-state index contributed by atoms with van der Waals surface area (Å²) >= 11 is 5.92. The van der Waals surface area contributed by atoms with Gasteiger partial charge in [-0.1, -0.05) is 18.5 Å². The van der Waals surface area contributed by atoms with Gasteiger partial charge in [-0.2, -0.15) is 0 Å². The van der Waals surface area contributed by atoms with E-state index in [2.05, 4.69) is 12.2 Å². The second-order valence-corrected chi connectivity index (χ2v) is 5.94. The summed E-state index contributed by atoms with van der Waals surface area (Å²) in [5, 5.41) is 3.56. The molecule has 0 radical (unpaired) electrons. The van der Waals surface area contributed by atoms with Crippen molar-refractivity contribution in [1.82, 2.24) is 0 Å². The van der Waals surface area contributed by atoms with Crippen LogP contribution in [-0.2, 0) is 6.54 Å². The van der Waals surface area contributed by atoms with Crippen molar-refractivity contribution in [2.75, 3.05) is 5.32 Å². The molecule has 1 saturated carbocycles. The van der Waals surface area contributed by atoms with Crippen molar-refractivity contribution >= 4 is 23.2 Å². The van der Waals surface area contributed by atoms with Gasteiger partial charge >= 0.3 is 0 Å². The summed E-state index contributed by atoms with van der Waals surface area (Å²) in [6, 6.07) is 9.14. The van der Waals surface area contributed by atoms with Gasteiger partial charge in [0.25, 0.3) is 0 Å². The Hall–Kier alpha value is -1.94. The van der Waals surface area contributed by atoms with Gasteiger partial charge < -0.3 is 15.5 Å². The summed E-state index contributed by atoms with van der Waals surface area (Å²) in [5.41, 5.74) is 6.37. The summed E-state index contributed by atoms with van der Waals surface area (Å²) in [4.78, 5) is 11.3. The van der Waals surface area contributed by atoms with Gasteiger partial charge in [-0.25, -0.2) is 0 Å². The molecule has 0 saturated heterocycles. The normalized spacial score (nSPS) is 20.3. The first-order valence-corrected chi connectivity index (χ1v) is 7.34. The molecule has 5 heteroatoms. The zero-order valence-corrected chi connectivity index (χ0v) is 12.5. The minimum absolute atomic E-state index is 0.314. The molecule has 2 aromatic rings. The van der Waals surface area contributed by atoms with E-state index in [1.807, 2.05) is 18.2 Å². The van der Waals surface area contributed by atoms with Gasteiger partial charge in [0.1, 0.15) is 11.5 Å². The highest BCUT2D eigenvalue weighted by Crippen LogP contribution is 2.47. The van der Waals surface area contributed by atoms with E-state index in [4.69, 9.17) is 21.8 Å². The van der Waals surface area contributed by atoms with Gasteiger partial charge in [-0.3, -0.25) is 4.79 Å². The van der Waals surface area contributed by atoms with Crippen molar-refractivity contribution in [2.45, 2.75) is 25.8 Å². The number of nitrogens with two attached hydrogens (primary N) is 1. The quantitative estimate of drug-likeness (QED) is 0.883. The number of hydrogen-bond donors (Lipinski definition) is 2. The number of rotatable bonds is 5. The first kappa shape index (κ1) is 14.0. The highest BCUT2D eigenvalue weighted by atomic mass is 35.5. The smallest absolute Gasteiger partial charge is 0.250 e. The zero-order chi connectivity index (χ0) is 15.0. The monoisotopic (exact) mass is 304 g/mol. The predicted octanol–water partition coefficient (Wildman–Crippen LogP) is 3.77. The molecule has 0 aliphatic heterocycles. The molecule has 1 aliphatic rings. The molecular weight excluding hydrogens is 288 g/mol. The summed E-state index contributed by atoms with van der Waals surface area (Å²) < 4.78 is 5.82. The number of carbonyl (C=O) groups is 1. The average Bonchev–Trinajstić information content (AvgIpc) is 3.00. The van der Waals surface area contributed by atoms with Crippen LogP contribution in [0.15, 0.2) is 34.7 Å². The van der Waals surface area contributed by atoms with Crippen molar-refractivity contribution in [3.63, 3.8) is 0 Å². The number of furan rings is 1. The lowest BCUT2D eigenvalue weighted by Gasteiger charge is -2.07. The Morgan fingerprint density at radius 2 is 2.19 bits per heavy atom. The molecule has 2 unspecified atom stereocenters. The van der Waals surface area contributed by atoms with Gasteiger partial charge in [0.2, 0.25) is 5.91 Å². The topological polar surface area (TPSA) is 68.3 Å². The van der Waals surface area contributed by atoms with Gasteiger partial charge in [0.05, 0.1) is 17.1 Å². The van der Waals surface area contributed by atoms with Gasteiger partial charge in [-0.15, -0.1) is 0 Å². The van der Waals surface area contributed by atoms with Crippen LogP contribution in [0.1, 0.15) is 41.1 Å². The minimum atomic E-state index is -0.536. The Morgan fingerprint density at radius 1 is 1.43 bits per heavy atom. The number of benzene rings is 1. The van der Waals surface area contributed by atoms with Crippen LogP contribution in [0.4, 0.5) is 5.69 Å². The number of carbonyl (C=O) groups excluding carboxylic acids is 1. The summed E-state index contributed by atoms with van der Waals surface area (Å²) in [5.74, 6) is 2.71. The molecule has 1 fully saturated rings. The lowest BCUT2D eigenvalue weighted by Crippen LogP contribution is -2.12. The molecule has 0 spiro atoms. The minimum Gasteiger partial charge on any atom is -0.464 e. The SMILES string of the molecule is CC1CC1c1ccc(CNc2ccc(Cl)c(C(N)=O)c2)o1. The van der Waals surface area contributed by atoms with Crippen LogP contribution in [0.2, 0.25) is 5.02 Å². The molecule has 110 valence electrons. The summed E-state index contributed by atoms with van der Waals surface area (Å²) in [7, 11) is 0. The predicted molar refractivity (Wildman–Crippen MR) is 82.5 cm³/mol. The Morgan fingerprint density at radius 3 is 2.86 bits per heavy atom. The van der Waals surface area contributed by atoms with Crippen LogP contribution in [0.3, 0.4) is 0 Å². The van der Waals surface area contributed by atoms with E-state index in [1.165, 1.54) is 6.42 Å². The molecule has 3 N–H and O–H groups in total. The Balaban J connectivity index is 1.66. The van der Waals surface area contributed by atoms with Gasteiger partial charge in [0, 0.05) is 11.6 Å². The first-order valence-electron chi connectivity index (χ1n) is 6.96. The highest BCUT2D eigenvalue weighted by molar-refractivity contribution is 6.33. The number of amides is 1. The Bertz CT molecular complexity index is 681. The summed E-state index contributed by atoms with van der Waals surface area (Å²) in [6.07, 6.45) is 1.21. The molecule has 0 bridgehead atoms. The van der Waals surface area contributed by atoms with E-state index in [0.717, 1.165) is 23.1 Å². The van der Waals surface area contributed by atoms with Crippen LogP contribution < -0.4 is 11.1 Å². The number of halogens is 1. The van der Waals surface area contributed by atoms with E-state index >= 15 is 0 Å². The van der Waals surface area contributed by atoms with Crippen molar-refractivity contribution < 1.29 is 9.21 Å². The highest BCUT2D eigenvalue weighted by Gasteiger charge is 2.36. The maximum absolute atomic E-state index is 11.3. The number of hydrogen-bond acceptors (Lipinski definition) is 3. The lowest BCUT2D eigenvalue weighted by molar-refractivity contribution is 0.100. The van der Waals surface area contributed by atoms with E-state index in [9.17, 15) is 4.79 Å². The third-order valence-corrected chi connectivity index (χ3v) is 4.19.